The van der Waals surface area contributed by atoms with Crippen molar-refractivity contribution in [3.05, 3.63) is 35.1 Å². The van der Waals surface area contributed by atoms with Crippen LogP contribution in [0.4, 0.5) is 9.18 Å². The van der Waals surface area contributed by atoms with E-state index >= 15 is 0 Å². The Morgan fingerprint density at radius 3 is 2.56 bits per heavy atom. The van der Waals surface area contributed by atoms with Gasteiger partial charge in [-0.15, -0.1) is 0 Å². The summed E-state index contributed by atoms with van der Waals surface area (Å²) in [5, 5.41) is 3.02. The number of benzene rings is 1. The Morgan fingerprint density at radius 1 is 1.22 bits per heavy atom. The number of nitrogens with one attached hydrogen (secondary N) is 1. The molecule has 0 bridgehead atoms. The molecule has 5 rings (SSSR count). The third-order valence-corrected chi connectivity index (χ3v) is 6.98. The lowest BCUT2D eigenvalue weighted by molar-refractivity contribution is -0.120. The van der Waals surface area contributed by atoms with E-state index < -0.39 is 0 Å². The monoisotopic (exact) mass is 371 g/mol. The standard InChI is InChI=1S/C21H26FN3O2/c1-14-2-3-16(17(22)6-14)7-15-8-20(9-15)10-24(11-20)19(27)25-12-21(13-25)5-4-18(26)23-21/h2-3,6,15H,4-5,7-13H2,1H3,(H,23,26). The number of likely N-dealkylation sites (tertiary alicyclic amines) is 2. The van der Waals surface area contributed by atoms with Crippen LogP contribution in [-0.2, 0) is 11.2 Å². The first-order valence-corrected chi connectivity index (χ1v) is 9.95. The van der Waals surface area contributed by atoms with Crippen LogP contribution in [0, 0.1) is 24.1 Å². The molecule has 0 unspecified atom stereocenters. The lowest BCUT2D eigenvalue weighted by atomic mass is 9.56. The summed E-state index contributed by atoms with van der Waals surface area (Å²) in [6, 6.07) is 5.61. The Kier molecular flexibility index (Phi) is 3.59. The summed E-state index contributed by atoms with van der Waals surface area (Å²) >= 11 is 0. The first kappa shape index (κ1) is 17.0. The van der Waals surface area contributed by atoms with E-state index in [0.29, 0.717) is 25.4 Å². The maximum absolute atomic E-state index is 14.0. The van der Waals surface area contributed by atoms with Crippen LogP contribution in [0.1, 0.15) is 36.8 Å². The molecule has 1 aromatic carbocycles. The molecule has 0 aromatic heterocycles. The van der Waals surface area contributed by atoms with E-state index in [1.807, 2.05) is 28.9 Å². The number of aryl methyl sites for hydroxylation is 1. The lowest BCUT2D eigenvalue weighted by Gasteiger charge is -2.61. The van der Waals surface area contributed by atoms with Crippen molar-refractivity contribution in [1.29, 1.82) is 0 Å². The third kappa shape index (κ3) is 2.80. The molecule has 5 nitrogen and oxygen atoms in total. The fourth-order valence-corrected chi connectivity index (χ4v) is 5.63. The van der Waals surface area contributed by atoms with Crippen LogP contribution >= 0.6 is 0 Å². The van der Waals surface area contributed by atoms with Crippen LogP contribution in [0.2, 0.25) is 0 Å². The molecule has 27 heavy (non-hydrogen) atoms. The summed E-state index contributed by atoms with van der Waals surface area (Å²) in [7, 11) is 0. The highest BCUT2D eigenvalue weighted by Gasteiger charge is 2.56. The van der Waals surface area contributed by atoms with E-state index in [-0.39, 0.29) is 28.7 Å². The second-order valence-electron chi connectivity index (χ2n) is 9.40. The number of urea groups is 1. The van der Waals surface area contributed by atoms with Gasteiger partial charge in [0, 0.05) is 38.0 Å². The molecule has 3 heterocycles. The average Bonchev–Trinajstić information content (AvgIpc) is 2.90. The number of hydrogen-bond donors (Lipinski definition) is 1. The van der Waals surface area contributed by atoms with Gasteiger partial charge in [0.25, 0.3) is 0 Å². The normalized spacial score (nSPS) is 25.2. The van der Waals surface area contributed by atoms with Crippen molar-refractivity contribution in [1.82, 2.24) is 15.1 Å². The predicted molar refractivity (Wildman–Crippen MR) is 98.6 cm³/mol. The molecular formula is C21H26FN3O2. The third-order valence-electron chi connectivity index (χ3n) is 6.98. The van der Waals surface area contributed by atoms with Crippen molar-refractivity contribution in [3.8, 4) is 0 Å². The highest BCUT2D eigenvalue weighted by Crippen LogP contribution is 2.53. The van der Waals surface area contributed by atoms with Crippen LogP contribution in [0.25, 0.3) is 0 Å². The molecule has 3 amide bonds. The molecule has 2 spiro atoms. The summed E-state index contributed by atoms with van der Waals surface area (Å²) in [6.07, 6.45) is 4.40. The van der Waals surface area contributed by atoms with Crippen LogP contribution < -0.4 is 5.32 Å². The summed E-state index contributed by atoms with van der Waals surface area (Å²) in [4.78, 5) is 27.8. The van der Waals surface area contributed by atoms with Crippen LogP contribution in [0.5, 0.6) is 0 Å². The van der Waals surface area contributed by atoms with E-state index in [2.05, 4.69) is 5.32 Å². The van der Waals surface area contributed by atoms with Crippen LogP contribution in [-0.4, -0.2) is 53.5 Å². The largest absolute Gasteiger partial charge is 0.347 e. The quantitative estimate of drug-likeness (QED) is 0.868. The topological polar surface area (TPSA) is 52.7 Å². The van der Waals surface area contributed by atoms with E-state index in [9.17, 15) is 14.0 Å². The second-order valence-corrected chi connectivity index (χ2v) is 9.40. The number of rotatable bonds is 2. The average molecular weight is 371 g/mol. The van der Waals surface area contributed by atoms with E-state index in [1.54, 1.807) is 6.07 Å². The lowest BCUT2D eigenvalue weighted by Crippen LogP contribution is -2.73. The summed E-state index contributed by atoms with van der Waals surface area (Å²) < 4.78 is 14.0. The summed E-state index contributed by atoms with van der Waals surface area (Å²) in [5.41, 5.74) is 1.90. The molecule has 1 aliphatic carbocycles. The van der Waals surface area contributed by atoms with Crippen molar-refractivity contribution in [2.45, 2.75) is 44.6 Å². The predicted octanol–water partition coefficient (Wildman–Crippen LogP) is 2.47. The minimum atomic E-state index is -0.144. The maximum Gasteiger partial charge on any atom is 0.320 e. The summed E-state index contributed by atoms with van der Waals surface area (Å²) in [5.74, 6) is 0.544. The van der Waals surface area contributed by atoms with Crippen molar-refractivity contribution in [2.24, 2.45) is 11.3 Å². The Labute approximate surface area is 158 Å². The van der Waals surface area contributed by atoms with Gasteiger partial charge in [-0.05, 0) is 55.7 Å². The van der Waals surface area contributed by atoms with Crippen molar-refractivity contribution in [3.63, 3.8) is 0 Å². The summed E-state index contributed by atoms with van der Waals surface area (Å²) in [6.45, 7) is 4.86. The highest BCUT2D eigenvalue weighted by molar-refractivity contribution is 5.82. The fraction of sp³-hybridized carbons (Fsp3) is 0.619. The van der Waals surface area contributed by atoms with Crippen LogP contribution in [0.15, 0.2) is 18.2 Å². The molecule has 0 radical (unpaired) electrons. The van der Waals surface area contributed by atoms with Gasteiger partial charge < -0.3 is 15.1 Å². The van der Waals surface area contributed by atoms with E-state index in [1.165, 1.54) is 0 Å². The number of amides is 3. The fourth-order valence-electron chi connectivity index (χ4n) is 5.63. The number of nitrogens with zero attached hydrogens (tertiary/aromatic N) is 2. The van der Waals surface area contributed by atoms with Gasteiger partial charge >= 0.3 is 6.03 Å². The number of hydrogen-bond acceptors (Lipinski definition) is 2. The van der Waals surface area contributed by atoms with Gasteiger partial charge in [-0.3, -0.25) is 4.79 Å². The Bertz CT molecular complexity index is 804. The second kappa shape index (κ2) is 5.69. The van der Waals surface area contributed by atoms with Crippen molar-refractivity contribution >= 4 is 11.9 Å². The Balaban J connectivity index is 1.08. The van der Waals surface area contributed by atoms with Crippen molar-refractivity contribution < 1.29 is 14.0 Å². The minimum absolute atomic E-state index is 0.0907. The zero-order chi connectivity index (χ0) is 18.8. The van der Waals surface area contributed by atoms with Gasteiger partial charge in [-0.1, -0.05) is 12.1 Å². The molecule has 6 heteroatoms. The Hall–Kier alpha value is -2.11. The number of halogens is 1. The molecule has 4 fully saturated rings. The molecule has 3 aliphatic heterocycles. The van der Waals surface area contributed by atoms with Crippen LogP contribution in [0.3, 0.4) is 0 Å². The molecule has 1 saturated carbocycles. The maximum atomic E-state index is 14.0. The zero-order valence-electron chi connectivity index (χ0n) is 15.8. The van der Waals surface area contributed by atoms with E-state index in [0.717, 1.165) is 49.9 Å². The van der Waals surface area contributed by atoms with E-state index in [4.69, 9.17) is 0 Å². The molecule has 3 saturated heterocycles. The molecule has 1 aromatic rings. The van der Waals surface area contributed by atoms with Gasteiger partial charge in [0.05, 0.1) is 5.54 Å². The van der Waals surface area contributed by atoms with Crippen molar-refractivity contribution in [2.75, 3.05) is 26.2 Å². The van der Waals surface area contributed by atoms with Gasteiger partial charge in [0.1, 0.15) is 5.82 Å². The molecule has 144 valence electrons. The van der Waals surface area contributed by atoms with Gasteiger partial charge in [0.2, 0.25) is 5.91 Å². The number of carbonyl (C=O) groups excluding carboxylic acids is 2. The number of carbonyl (C=O) groups is 2. The Morgan fingerprint density at radius 2 is 1.93 bits per heavy atom. The van der Waals surface area contributed by atoms with Gasteiger partial charge in [-0.2, -0.15) is 0 Å². The minimum Gasteiger partial charge on any atom is -0.347 e. The smallest absolute Gasteiger partial charge is 0.320 e. The highest BCUT2D eigenvalue weighted by atomic mass is 19.1. The first-order valence-electron chi connectivity index (χ1n) is 9.95. The van der Waals surface area contributed by atoms with Gasteiger partial charge in [-0.25, -0.2) is 9.18 Å². The van der Waals surface area contributed by atoms with Gasteiger partial charge in [0.15, 0.2) is 0 Å². The first-order chi connectivity index (χ1) is 12.9. The zero-order valence-corrected chi connectivity index (χ0v) is 15.8. The molecule has 1 N–H and O–H groups in total. The molecule has 0 atom stereocenters. The SMILES string of the molecule is Cc1ccc(CC2CC3(C2)CN(C(=O)N2CC4(CCC(=O)N4)C2)C3)c(F)c1. The molecule has 4 aliphatic rings. The molecular weight excluding hydrogens is 345 g/mol.